The molecule has 8 heteroatoms. The van der Waals surface area contributed by atoms with Gasteiger partial charge in [-0.15, -0.1) is 4.72 Å². The van der Waals surface area contributed by atoms with Crippen molar-refractivity contribution in [1.82, 2.24) is 9.62 Å². The number of carbonyl (C=O) groups is 2. The monoisotopic (exact) mass is 440 g/mol. The molecule has 1 saturated carbocycles. The molecule has 2 aliphatic rings. The van der Waals surface area contributed by atoms with Gasteiger partial charge in [0.2, 0.25) is 5.91 Å². The second-order valence-corrected chi connectivity index (χ2v) is 10.5. The van der Waals surface area contributed by atoms with Gasteiger partial charge in [0.1, 0.15) is 5.25 Å². The summed E-state index contributed by atoms with van der Waals surface area (Å²) in [4.78, 5) is 26.6. The van der Waals surface area contributed by atoms with E-state index in [1.165, 1.54) is 0 Å². The second-order valence-electron chi connectivity index (χ2n) is 8.28. The maximum absolute atomic E-state index is 13.4. The number of nitrogens with zero attached hydrogens (tertiary/aromatic N) is 1. The number of hydrogen-bond donors (Lipinski definition) is 2. The van der Waals surface area contributed by atoms with Gasteiger partial charge in [0.15, 0.2) is 0 Å². The van der Waals surface area contributed by atoms with Crippen LogP contribution in [0.2, 0.25) is 5.02 Å². The Kier molecular flexibility index (Phi) is 7.48. The zero-order valence-electron chi connectivity index (χ0n) is 16.8. The van der Waals surface area contributed by atoms with E-state index in [1.54, 1.807) is 0 Å². The molecule has 1 aliphatic carbocycles. The number of carboxylic acids is 1. The largest absolute Gasteiger partial charge is 0.598 e. The van der Waals surface area contributed by atoms with Gasteiger partial charge in [-0.1, -0.05) is 23.7 Å². The van der Waals surface area contributed by atoms with Crippen LogP contribution in [0.15, 0.2) is 24.3 Å². The van der Waals surface area contributed by atoms with Crippen LogP contribution in [0.3, 0.4) is 0 Å². The minimum absolute atomic E-state index is 0.0151. The number of halogens is 1. The first kappa shape index (κ1) is 22.4. The topological polar surface area (TPSA) is 92.7 Å². The smallest absolute Gasteiger partial charge is 0.304 e. The maximum Gasteiger partial charge on any atom is 0.304 e. The third-order valence-electron chi connectivity index (χ3n) is 5.79. The number of rotatable bonds is 9. The number of carboxylic acid groups (broad SMARTS) is 1. The van der Waals surface area contributed by atoms with Crippen molar-refractivity contribution < 1.29 is 19.2 Å². The van der Waals surface area contributed by atoms with Crippen molar-refractivity contribution in [2.75, 3.05) is 6.54 Å². The van der Waals surface area contributed by atoms with Crippen molar-refractivity contribution in [2.45, 2.75) is 63.3 Å². The molecule has 1 amide bonds. The van der Waals surface area contributed by atoms with E-state index in [2.05, 4.69) is 4.72 Å². The molecule has 2 fully saturated rings. The molecule has 29 heavy (non-hydrogen) atoms. The second kappa shape index (κ2) is 9.69. The van der Waals surface area contributed by atoms with Gasteiger partial charge in [0, 0.05) is 22.3 Å². The Hall–Kier alpha value is -1.28. The standard InChI is InChI=1S/C21H29ClN2O4S/c1-13(2)29(28)23-12-19(15-3-4-15)24-18(14-5-8-17(22)9-6-14)10-7-16(21(24)27)11-20(25)26/h5-6,8-9,13,15-16,18-19,23H,3-4,7,10-12H2,1-2H3,(H,25,26)/t16-,18+,19?,29?/m1/s1. The summed E-state index contributed by atoms with van der Waals surface area (Å²) in [6.07, 6.45) is 3.17. The summed E-state index contributed by atoms with van der Waals surface area (Å²) < 4.78 is 15.4. The summed E-state index contributed by atoms with van der Waals surface area (Å²) in [5.41, 5.74) is 1.01. The molecule has 1 aromatic rings. The predicted octanol–water partition coefficient (Wildman–Crippen LogP) is 3.53. The van der Waals surface area contributed by atoms with Crippen LogP contribution in [0.4, 0.5) is 0 Å². The molecule has 0 radical (unpaired) electrons. The van der Waals surface area contributed by atoms with E-state index in [1.807, 2.05) is 43.0 Å². The predicted molar refractivity (Wildman–Crippen MR) is 114 cm³/mol. The van der Waals surface area contributed by atoms with Gasteiger partial charge in [-0.3, -0.25) is 9.59 Å². The molecule has 1 aromatic carbocycles. The van der Waals surface area contributed by atoms with Gasteiger partial charge in [-0.2, -0.15) is 0 Å². The number of amides is 1. The lowest BCUT2D eigenvalue weighted by Gasteiger charge is -2.44. The average Bonchev–Trinajstić information content (AvgIpc) is 3.50. The number of hydrogen-bond acceptors (Lipinski definition) is 4. The van der Waals surface area contributed by atoms with E-state index in [4.69, 9.17) is 11.6 Å². The molecular formula is C21H29ClN2O4S. The number of carbonyl (C=O) groups excluding carboxylic acids is 1. The first-order chi connectivity index (χ1) is 13.8. The van der Waals surface area contributed by atoms with Crippen LogP contribution < -0.4 is 4.72 Å². The third-order valence-corrected chi connectivity index (χ3v) is 7.35. The van der Waals surface area contributed by atoms with Crippen molar-refractivity contribution in [3.63, 3.8) is 0 Å². The molecule has 0 aromatic heterocycles. The normalized spacial score (nSPS) is 24.6. The van der Waals surface area contributed by atoms with Crippen LogP contribution in [0.5, 0.6) is 0 Å². The number of nitrogens with one attached hydrogen (secondary N) is 1. The number of aliphatic carboxylic acids is 1. The summed E-state index contributed by atoms with van der Waals surface area (Å²) in [6.45, 7) is 4.23. The fourth-order valence-corrected chi connectivity index (χ4v) is 4.89. The summed E-state index contributed by atoms with van der Waals surface area (Å²) >= 11 is 4.87. The minimum atomic E-state index is -1.17. The van der Waals surface area contributed by atoms with Gasteiger partial charge < -0.3 is 14.6 Å². The summed E-state index contributed by atoms with van der Waals surface area (Å²) in [6, 6.07) is 7.30. The molecule has 2 N–H and O–H groups in total. The highest BCUT2D eigenvalue weighted by Gasteiger charge is 2.46. The fraction of sp³-hybridized carbons (Fsp3) is 0.619. The lowest BCUT2D eigenvalue weighted by atomic mass is 9.84. The fourth-order valence-electron chi connectivity index (χ4n) is 4.10. The molecule has 1 aliphatic heterocycles. The van der Waals surface area contributed by atoms with E-state index in [9.17, 15) is 19.2 Å². The van der Waals surface area contributed by atoms with Crippen LogP contribution in [-0.4, -0.2) is 44.3 Å². The van der Waals surface area contributed by atoms with E-state index in [-0.39, 0.29) is 29.7 Å². The van der Waals surface area contributed by atoms with Crippen molar-refractivity contribution in [1.29, 1.82) is 0 Å². The Morgan fingerprint density at radius 3 is 2.48 bits per heavy atom. The third kappa shape index (κ3) is 5.66. The number of piperidine rings is 1. The zero-order valence-corrected chi connectivity index (χ0v) is 18.4. The van der Waals surface area contributed by atoms with E-state index >= 15 is 0 Å². The Labute approximate surface area is 180 Å². The van der Waals surface area contributed by atoms with Gasteiger partial charge >= 0.3 is 5.97 Å². The molecule has 1 heterocycles. The van der Waals surface area contributed by atoms with Gasteiger partial charge in [-0.05, 0) is 63.1 Å². The SMILES string of the molecule is CC(C)[S+]([O-])NCC(C1CC1)N1C(=O)[C@@H](CC(=O)O)CC[C@H]1c1ccc(Cl)cc1. The van der Waals surface area contributed by atoms with Gasteiger partial charge in [-0.25, -0.2) is 0 Å². The summed E-state index contributed by atoms with van der Waals surface area (Å²) in [5, 5.41) is 9.87. The van der Waals surface area contributed by atoms with E-state index in [0.717, 1.165) is 18.4 Å². The van der Waals surface area contributed by atoms with Crippen molar-refractivity contribution >= 4 is 34.8 Å². The summed E-state index contributed by atoms with van der Waals surface area (Å²) in [5.74, 6) is -1.20. The van der Waals surface area contributed by atoms with E-state index < -0.39 is 23.2 Å². The Bertz CT molecular complexity index is 726. The van der Waals surface area contributed by atoms with Crippen molar-refractivity contribution in [2.24, 2.45) is 11.8 Å². The lowest BCUT2D eigenvalue weighted by Crippen LogP contribution is -2.54. The summed E-state index contributed by atoms with van der Waals surface area (Å²) in [7, 11) is 0. The quantitative estimate of drug-likeness (QED) is 0.573. The minimum Gasteiger partial charge on any atom is -0.598 e. The van der Waals surface area contributed by atoms with Crippen LogP contribution in [0.25, 0.3) is 0 Å². The molecular weight excluding hydrogens is 412 g/mol. The van der Waals surface area contributed by atoms with Crippen LogP contribution in [0.1, 0.15) is 57.6 Å². The Morgan fingerprint density at radius 2 is 1.93 bits per heavy atom. The van der Waals surface area contributed by atoms with Crippen molar-refractivity contribution in [3.8, 4) is 0 Å². The van der Waals surface area contributed by atoms with E-state index in [0.29, 0.717) is 30.3 Å². The highest BCUT2D eigenvalue weighted by atomic mass is 35.5. The molecule has 0 bridgehead atoms. The van der Waals surface area contributed by atoms with Crippen LogP contribution >= 0.6 is 11.6 Å². The highest BCUT2D eigenvalue weighted by molar-refractivity contribution is 7.90. The highest BCUT2D eigenvalue weighted by Crippen LogP contribution is 2.43. The molecule has 4 atom stereocenters. The number of likely N-dealkylation sites (tertiary alicyclic amines) is 1. The molecule has 6 nitrogen and oxygen atoms in total. The maximum atomic E-state index is 13.4. The Morgan fingerprint density at radius 1 is 1.28 bits per heavy atom. The van der Waals surface area contributed by atoms with Crippen LogP contribution in [-0.2, 0) is 21.0 Å². The van der Waals surface area contributed by atoms with Crippen LogP contribution in [0, 0.1) is 11.8 Å². The Balaban J connectivity index is 1.87. The first-order valence-electron chi connectivity index (χ1n) is 10.2. The first-order valence-corrected chi connectivity index (χ1v) is 11.8. The molecule has 160 valence electrons. The molecule has 0 spiro atoms. The van der Waals surface area contributed by atoms with Crippen molar-refractivity contribution in [3.05, 3.63) is 34.9 Å². The molecule has 1 saturated heterocycles. The van der Waals surface area contributed by atoms with Gasteiger partial charge in [0.25, 0.3) is 0 Å². The van der Waals surface area contributed by atoms with Gasteiger partial charge in [0.05, 0.1) is 25.0 Å². The zero-order chi connectivity index (χ0) is 21.1. The number of benzene rings is 1. The molecule has 2 unspecified atom stereocenters. The molecule has 3 rings (SSSR count). The average molecular weight is 441 g/mol. The lowest BCUT2D eigenvalue weighted by molar-refractivity contribution is -0.151.